The van der Waals surface area contributed by atoms with Gasteiger partial charge in [-0.25, -0.2) is 4.68 Å². The molecule has 0 saturated carbocycles. The second-order valence-corrected chi connectivity index (χ2v) is 10.1. The highest BCUT2D eigenvalue weighted by Crippen LogP contribution is 2.42. The summed E-state index contributed by atoms with van der Waals surface area (Å²) in [6, 6.07) is 12.7. The van der Waals surface area contributed by atoms with E-state index in [1.165, 1.54) is 12.1 Å². The number of nitrogens with one attached hydrogen (secondary N) is 2. The van der Waals surface area contributed by atoms with Gasteiger partial charge in [0.1, 0.15) is 17.1 Å². The second kappa shape index (κ2) is 9.76. The molecule has 4 rings (SSSR count). The van der Waals surface area contributed by atoms with Gasteiger partial charge in [-0.3, -0.25) is 4.79 Å². The highest BCUT2D eigenvalue weighted by atomic mass is 19.4. The monoisotopic (exact) mass is 514 g/mol. The minimum absolute atomic E-state index is 0.112. The Morgan fingerprint density at radius 1 is 1.11 bits per heavy atom. The summed E-state index contributed by atoms with van der Waals surface area (Å²) in [6.07, 6.45) is -1.13. The molecule has 0 spiro atoms. The van der Waals surface area contributed by atoms with Crippen molar-refractivity contribution in [1.29, 1.82) is 0 Å². The van der Waals surface area contributed by atoms with Gasteiger partial charge >= 0.3 is 6.18 Å². The molecular formula is C28H33F3N4O2. The number of methoxy groups -OCH3 is 1. The quantitative estimate of drug-likeness (QED) is 0.371. The van der Waals surface area contributed by atoms with Gasteiger partial charge in [-0.15, -0.1) is 0 Å². The van der Waals surface area contributed by atoms with Gasteiger partial charge in [0.05, 0.1) is 36.0 Å². The van der Waals surface area contributed by atoms with Crippen LogP contribution in [0.3, 0.4) is 0 Å². The SMILES string of the molecule is CCC(CC)(NC(=O)c1cnn2c1NC(c1ccccc1OC)CC2(C)C)c1ccc(C(F)(F)F)cc1. The van der Waals surface area contributed by atoms with Gasteiger partial charge in [-0.1, -0.05) is 44.2 Å². The highest BCUT2D eigenvalue weighted by Gasteiger charge is 2.39. The number of carbonyl (C=O) groups is 1. The summed E-state index contributed by atoms with van der Waals surface area (Å²) < 4.78 is 46.7. The molecule has 0 aliphatic carbocycles. The summed E-state index contributed by atoms with van der Waals surface area (Å²) in [7, 11) is 1.63. The van der Waals surface area contributed by atoms with Crippen LogP contribution in [-0.4, -0.2) is 22.8 Å². The normalized spacial score (nSPS) is 17.0. The number of halogens is 3. The summed E-state index contributed by atoms with van der Waals surface area (Å²) in [6.45, 7) is 7.96. The van der Waals surface area contributed by atoms with Crippen LogP contribution in [0, 0.1) is 0 Å². The van der Waals surface area contributed by atoms with Crippen molar-refractivity contribution in [1.82, 2.24) is 15.1 Å². The van der Waals surface area contributed by atoms with E-state index in [-0.39, 0.29) is 17.5 Å². The Kier molecular flexibility index (Phi) is 7.01. The largest absolute Gasteiger partial charge is 0.496 e. The van der Waals surface area contributed by atoms with E-state index in [4.69, 9.17) is 4.74 Å². The molecule has 0 bridgehead atoms. The Labute approximate surface area is 215 Å². The molecule has 0 fully saturated rings. The Bertz CT molecular complexity index is 1260. The third-order valence-corrected chi connectivity index (χ3v) is 7.44. The van der Waals surface area contributed by atoms with Crippen LogP contribution in [0.1, 0.15) is 80.0 Å². The molecule has 0 radical (unpaired) electrons. The van der Waals surface area contributed by atoms with Gasteiger partial charge in [0.15, 0.2) is 0 Å². The minimum atomic E-state index is -4.42. The van der Waals surface area contributed by atoms with Gasteiger partial charge in [-0.2, -0.15) is 18.3 Å². The first kappa shape index (κ1) is 26.6. The Hall–Kier alpha value is -3.49. The zero-order valence-electron chi connectivity index (χ0n) is 21.7. The van der Waals surface area contributed by atoms with E-state index in [2.05, 4.69) is 29.6 Å². The Balaban J connectivity index is 1.67. The molecule has 1 amide bonds. The molecule has 2 N–H and O–H groups in total. The van der Waals surface area contributed by atoms with E-state index in [1.807, 2.05) is 42.8 Å². The number of ether oxygens (including phenoxy) is 1. The summed E-state index contributed by atoms with van der Waals surface area (Å²) in [4.78, 5) is 13.7. The molecular weight excluding hydrogens is 481 g/mol. The van der Waals surface area contributed by atoms with Crippen LogP contribution in [0.5, 0.6) is 5.75 Å². The number of nitrogens with zero attached hydrogens (tertiary/aromatic N) is 2. The van der Waals surface area contributed by atoms with Crippen LogP contribution in [0.25, 0.3) is 0 Å². The maximum absolute atomic E-state index is 13.7. The molecule has 1 aromatic heterocycles. The lowest BCUT2D eigenvalue weighted by Crippen LogP contribution is -2.45. The van der Waals surface area contributed by atoms with Crippen LogP contribution in [-0.2, 0) is 17.3 Å². The Morgan fingerprint density at radius 3 is 2.32 bits per heavy atom. The predicted octanol–water partition coefficient (Wildman–Crippen LogP) is 6.65. The van der Waals surface area contributed by atoms with Gasteiger partial charge in [0.2, 0.25) is 0 Å². The van der Waals surface area contributed by atoms with Crippen molar-refractivity contribution in [2.75, 3.05) is 12.4 Å². The predicted molar refractivity (Wildman–Crippen MR) is 137 cm³/mol. The number of aromatic nitrogens is 2. The van der Waals surface area contributed by atoms with Crippen LogP contribution >= 0.6 is 0 Å². The van der Waals surface area contributed by atoms with Gasteiger partial charge in [0, 0.05) is 5.56 Å². The summed E-state index contributed by atoms with van der Waals surface area (Å²) in [5, 5.41) is 11.1. The standard InChI is InChI=1S/C28H33F3N4O2/c1-6-27(7-2,18-12-14-19(15-13-18)28(29,30)31)34-25(36)21-17-32-35-24(21)33-22(16-26(35,3)4)20-10-8-9-11-23(20)37-5/h8-15,17,22,33H,6-7,16H2,1-5H3,(H,34,36). The van der Waals surface area contributed by atoms with Crippen molar-refractivity contribution in [3.05, 3.63) is 77.0 Å². The Morgan fingerprint density at radius 2 is 1.73 bits per heavy atom. The summed E-state index contributed by atoms with van der Waals surface area (Å²) in [5.74, 6) is 1.01. The van der Waals surface area contributed by atoms with Crippen molar-refractivity contribution in [2.24, 2.45) is 0 Å². The summed E-state index contributed by atoms with van der Waals surface area (Å²) in [5.41, 5.74) is 0.0552. The number of amides is 1. The molecule has 198 valence electrons. The highest BCUT2D eigenvalue weighted by molar-refractivity contribution is 5.99. The average Bonchev–Trinajstić information content (AvgIpc) is 3.32. The number of carbonyl (C=O) groups excluding carboxylic acids is 1. The van der Waals surface area contributed by atoms with E-state index in [0.717, 1.165) is 29.9 Å². The lowest BCUT2D eigenvalue weighted by atomic mass is 9.84. The molecule has 6 nitrogen and oxygen atoms in total. The number of hydrogen-bond acceptors (Lipinski definition) is 4. The summed E-state index contributed by atoms with van der Waals surface area (Å²) >= 11 is 0. The van der Waals surface area contributed by atoms with Crippen LogP contribution in [0.15, 0.2) is 54.7 Å². The van der Waals surface area contributed by atoms with Gasteiger partial charge in [0.25, 0.3) is 5.91 Å². The zero-order chi connectivity index (χ0) is 27.0. The molecule has 2 aromatic carbocycles. The smallest absolute Gasteiger partial charge is 0.416 e. The molecule has 1 aliphatic heterocycles. The number of alkyl halides is 3. The van der Waals surface area contributed by atoms with Gasteiger partial charge < -0.3 is 15.4 Å². The van der Waals surface area contributed by atoms with E-state index in [1.54, 1.807) is 13.3 Å². The third-order valence-electron chi connectivity index (χ3n) is 7.44. The number of anilines is 1. The first-order valence-electron chi connectivity index (χ1n) is 12.4. The topological polar surface area (TPSA) is 68.2 Å². The first-order chi connectivity index (χ1) is 17.5. The fourth-order valence-electron chi connectivity index (χ4n) is 5.23. The molecule has 3 aromatic rings. The average molecular weight is 515 g/mol. The number of para-hydroxylation sites is 1. The maximum Gasteiger partial charge on any atom is 0.416 e. The number of fused-ring (bicyclic) bond motifs is 1. The number of benzene rings is 2. The molecule has 37 heavy (non-hydrogen) atoms. The second-order valence-electron chi connectivity index (χ2n) is 10.1. The van der Waals surface area contributed by atoms with Crippen molar-refractivity contribution < 1.29 is 22.7 Å². The van der Waals surface area contributed by atoms with Crippen LogP contribution < -0.4 is 15.4 Å². The van der Waals surface area contributed by atoms with Crippen molar-refractivity contribution >= 4 is 11.7 Å². The minimum Gasteiger partial charge on any atom is -0.496 e. The molecule has 1 aliphatic rings. The molecule has 1 unspecified atom stereocenters. The van der Waals surface area contributed by atoms with Crippen LogP contribution in [0.4, 0.5) is 19.0 Å². The molecule has 2 heterocycles. The van der Waals surface area contributed by atoms with Crippen LogP contribution in [0.2, 0.25) is 0 Å². The lowest BCUT2D eigenvalue weighted by molar-refractivity contribution is -0.137. The fourth-order valence-corrected chi connectivity index (χ4v) is 5.23. The number of hydrogen-bond donors (Lipinski definition) is 2. The molecule has 9 heteroatoms. The van der Waals surface area contributed by atoms with Crippen molar-refractivity contribution in [3.63, 3.8) is 0 Å². The zero-order valence-corrected chi connectivity index (χ0v) is 21.7. The van der Waals surface area contributed by atoms with E-state index in [0.29, 0.717) is 29.8 Å². The van der Waals surface area contributed by atoms with Crippen molar-refractivity contribution in [2.45, 2.75) is 70.3 Å². The molecule has 1 atom stereocenters. The molecule has 0 saturated heterocycles. The van der Waals surface area contributed by atoms with Gasteiger partial charge in [-0.05, 0) is 56.9 Å². The first-order valence-corrected chi connectivity index (χ1v) is 12.4. The van der Waals surface area contributed by atoms with E-state index in [9.17, 15) is 18.0 Å². The number of rotatable bonds is 7. The maximum atomic E-state index is 13.7. The van der Waals surface area contributed by atoms with Crippen molar-refractivity contribution in [3.8, 4) is 5.75 Å². The fraction of sp³-hybridized carbons (Fsp3) is 0.429. The van der Waals surface area contributed by atoms with E-state index >= 15 is 0 Å². The lowest BCUT2D eigenvalue weighted by Gasteiger charge is -2.39. The third kappa shape index (κ3) is 4.91. The van der Waals surface area contributed by atoms with E-state index < -0.39 is 17.3 Å².